The highest BCUT2D eigenvalue weighted by molar-refractivity contribution is 7.13. The molecule has 0 radical (unpaired) electrons. The number of aromatic nitrogens is 3. The van der Waals surface area contributed by atoms with Crippen LogP contribution in [-0.4, -0.2) is 30.4 Å². The largest absolute Gasteiger partial charge is 0.431 e. The maximum atomic E-state index is 13.1. The van der Waals surface area contributed by atoms with Crippen LogP contribution in [0.25, 0.3) is 15.8 Å². The summed E-state index contributed by atoms with van der Waals surface area (Å²) in [4.78, 5) is 41.8. The van der Waals surface area contributed by atoms with E-state index in [1.165, 1.54) is 18.2 Å². The second-order valence-corrected chi connectivity index (χ2v) is 9.40. The Bertz CT molecular complexity index is 1460. The molecule has 1 unspecified atom stereocenters. The molecule has 33 heavy (non-hydrogen) atoms. The summed E-state index contributed by atoms with van der Waals surface area (Å²) in [7, 11) is 0.908. The van der Waals surface area contributed by atoms with Gasteiger partial charge in [-0.05, 0) is 29.7 Å². The van der Waals surface area contributed by atoms with E-state index in [1.807, 2.05) is 0 Å². The van der Waals surface area contributed by atoms with Gasteiger partial charge in [-0.15, -0.1) is 0 Å². The Morgan fingerprint density at radius 1 is 1.12 bits per heavy atom. The quantitative estimate of drug-likeness (QED) is 0.580. The summed E-state index contributed by atoms with van der Waals surface area (Å²) < 4.78 is 45.0. The predicted molar refractivity (Wildman–Crippen MR) is 114 cm³/mol. The number of hydrogen-bond acceptors (Lipinski definition) is 7. The van der Waals surface area contributed by atoms with Gasteiger partial charge in [0.25, 0.3) is 17.2 Å². The number of benzene rings is 1. The van der Waals surface area contributed by atoms with Gasteiger partial charge in [-0.1, -0.05) is 20.8 Å². The summed E-state index contributed by atoms with van der Waals surface area (Å²) in [6.45, 7) is 5.38. The molecule has 0 fully saturated rings. The third-order valence-electron chi connectivity index (χ3n) is 5.19. The van der Waals surface area contributed by atoms with Gasteiger partial charge in [0.05, 0.1) is 10.4 Å². The number of hydrogen-bond donors (Lipinski definition) is 2. The molecule has 1 aliphatic heterocycles. The lowest BCUT2D eigenvalue weighted by molar-refractivity contribution is -0.144. The molecule has 0 saturated carbocycles. The molecule has 1 atom stereocenters. The first kappa shape index (κ1) is 22.9. The molecule has 4 rings (SSSR count). The number of aliphatic imine (C=N–C) groups is 1. The summed E-state index contributed by atoms with van der Waals surface area (Å²) in [6, 6.07) is 4.49. The van der Waals surface area contributed by atoms with Crippen LogP contribution < -0.4 is 16.6 Å². The number of rotatable bonds is 2. The van der Waals surface area contributed by atoms with E-state index >= 15 is 0 Å². The Morgan fingerprint density at radius 3 is 2.36 bits per heavy atom. The average Bonchev–Trinajstić information content (AvgIpc) is 3.25. The van der Waals surface area contributed by atoms with Crippen molar-refractivity contribution in [3.8, 4) is 5.69 Å². The lowest BCUT2D eigenvalue weighted by Crippen LogP contribution is -2.40. The number of amidine groups is 1. The fourth-order valence-electron chi connectivity index (χ4n) is 3.40. The molecule has 3 aromatic rings. The van der Waals surface area contributed by atoms with Gasteiger partial charge in [0.1, 0.15) is 17.2 Å². The molecule has 13 heteroatoms. The molecule has 0 aliphatic carbocycles. The zero-order chi connectivity index (χ0) is 24.5. The molecule has 1 amide bonds. The van der Waals surface area contributed by atoms with Gasteiger partial charge in [0.2, 0.25) is 0 Å². The second kappa shape index (κ2) is 7.09. The minimum atomic E-state index is -4.89. The van der Waals surface area contributed by atoms with E-state index in [1.54, 1.807) is 20.8 Å². The normalized spacial score (nSPS) is 19.2. The molecule has 174 valence electrons. The van der Waals surface area contributed by atoms with E-state index in [9.17, 15) is 32.7 Å². The Morgan fingerprint density at radius 2 is 1.79 bits per heavy atom. The molecule has 0 spiro atoms. The molecule has 0 saturated heterocycles. The summed E-state index contributed by atoms with van der Waals surface area (Å²) >= 11 is 0.953. The molecule has 2 aromatic heterocycles. The zero-order valence-electron chi connectivity index (χ0n) is 17.8. The number of amides is 1. The van der Waals surface area contributed by atoms with Crippen molar-refractivity contribution < 1.29 is 23.1 Å². The number of aliphatic hydroxyl groups is 1. The second-order valence-electron chi connectivity index (χ2n) is 8.59. The number of nitrogens with zero attached hydrogens (tertiary/aromatic N) is 4. The molecule has 1 aromatic carbocycles. The molecule has 3 heterocycles. The van der Waals surface area contributed by atoms with Crippen molar-refractivity contribution in [1.29, 1.82) is 0 Å². The predicted octanol–water partition coefficient (Wildman–Crippen LogP) is 1.88. The molecular weight excluding hydrogens is 463 g/mol. The summed E-state index contributed by atoms with van der Waals surface area (Å²) in [6.07, 6.45) is -4.89. The van der Waals surface area contributed by atoms with Crippen molar-refractivity contribution in [1.82, 2.24) is 18.8 Å². The fraction of sp³-hybridized carbons (Fsp3) is 0.350. The van der Waals surface area contributed by atoms with E-state index in [0.717, 1.165) is 18.6 Å². The fourth-order valence-corrected chi connectivity index (χ4v) is 4.20. The Labute approximate surface area is 188 Å². The van der Waals surface area contributed by atoms with E-state index in [-0.39, 0.29) is 22.6 Å². The van der Waals surface area contributed by atoms with Crippen LogP contribution in [-0.2, 0) is 23.7 Å². The molecule has 2 N–H and O–H groups in total. The molecule has 9 nitrogen and oxygen atoms in total. The number of carbonyl (C=O) groups excluding carboxylic acids is 1. The molecular formula is C20H18F3N5O4S. The van der Waals surface area contributed by atoms with E-state index in [2.05, 4.69) is 14.7 Å². The Balaban J connectivity index is 1.92. The van der Waals surface area contributed by atoms with Crippen LogP contribution in [0.2, 0.25) is 0 Å². The highest BCUT2D eigenvalue weighted by Gasteiger charge is 2.48. The standard InChI is InChI=1S/C20H18F3N5O4S/c1-18(2,3)15-24-16(30)19(32,25-15)14-10-7-9(5-6-11(10)33-26-14)28-13(29)8-12(20(21,22)23)27(4)17(28)31/h5-8,32H,1-4H3,(H,24,25,30). The first-order valence-corrected chi connectivity index (χ1v) is 10.4. The van der Waals surface area contributed by atoms with Crippen molar-refractivity contribution in [3.05, 3.63) is 56.5 Å². The number of alkyl halides is 3. The third kappa shape index (κ3) is 3.56. The summed E-state index contributed by atoms with van der Waals surface area (Å²) in [5.74, 6) is -0.562. The van der Waals surface area contributed by atoms with Crippen LogP contribution in [0.15, 0.2) is 38.8 Å². The SMILES string of the molecule is Cn1c(C(F)(F)F)cc(=O)n(-c2ccc3snc(C4(O)N=C(C(C)(C)C)NC4=O)c3c2)c1=O. The topological polar surface area (TPSA) is 119 Å². The van der Waals surface area contributed by atoms with Crippen LogP contribution in [0, 0.1) is 5.41 Å². The monoisotopic (exact) mass is 481 g/mol. The first-order chi connectivity index (χ1) is 15.1. The lowest BCUT2D eigenvalue weighted by Gasteiger charge is -2.17. The Kier molecular flexibility index (Phi) is 4.91. The van der Waals surface area contributed by atoms with Gasteiger partial charge in [0.15, 0.2) is 0 Å². The zero-order valence-corrected chi connectivity index (χ0v) is 18.6. The van der Waals surface area contributed by atoms with E-state index in [4.69, 9.17) is 0 Å². The van der Waals surface area contributed by atoms with Gasteiger partial charge in [0, 0.05) is 23.9 Å². The molecule has 1 aliphatic rings. The van der Waals surface area contributed by atoms with Gasteiger partial charge < -0.3 is 10.4 Å². The van der Waals surface area contributed by atoms with Gasteiger partial charge in [-0.3, -0.25) is 14.2 Å². The van der Waals surface area contributed by atoms with Crippen molar-refractivity contribution in [2.45, 2.75) is 32.7 Å². The first-order valence-electron chi connectivity index (χ1n) is 9.59. The van der Waals surface area contributed by atoms with Crippen LogP contribution in [0.4, 0.5) is 13.2 Å². The summed E-state index contributed by atoms with van der Waals surface area (Å²) in [5.41, 5.74) is -6.84. The maximum Gasteiger partial charge on any atom is 0.431 e. The maximum absolute atomic E-state index is 13.1. The van der Waals surface area contributed by atoms with Crippen molar-refractivity contribution in [2.24, 2.45) is 17.5 Å². The highest BCUT2D eigenvalue weighted by atomic mass is 32.1. The van der Waals surface area contributed by atoms with Gasteiger partial charge in [-0.25, -0.2) is 14.4 Å². The summed E-state index contributed by atoms with van der Waals surface area (Å²) in [5, 5.41) is 13.8. The average molecular weight is 481 g/mol. The smallest absolute Gasteiger partial charge is 0.357 e. The van der Waals surface area contributed by atoms with Crippen LogP contribution in [0.5, 0.6) is 0 Å². The molecule has 0 bridgehead atoms. The minimum Gasteiger partial charge on any atom is -0.357 e. The van der Waals surface area contributed by atoms with Crippen molar-refractivity contribution >= 4 is 33.4 Å². The van der Waals surface area contributed by atoms with Gasteiger partial charge in [-0.2, -0.15) is 17.5 Å². The third-order valence-corrected chi connectivity index (χ3v) is 6.01. The number of nitrogens with one attached hydrogen (secondary N) is 1. The minimum absolute atomic E-state index is 0.0506. The van der Waals surface area contributed by atoms with Crippen molar-refractivity contribution in [2.75, 3.05) is 0 Å². The van der Waals surface area contributed by atoms with Crippen LogP contribution >= 0.6 is 11.5 Å². The van der Waals surface area contributed by atoms with Crippen LogP contribution in [0.3, 0.4) is 0 Å². The van der Waals surface area contributed by atoms with Gasteiger partial charge >= 0.3 is 11.9 Å². The van der Waals surface area contributed by atoms with Crippen molar-refractivity contribution in [3.63, 3.8) is 0 Å². The Hall–Kier alpha value is -3.32. The number of fused-ring (bicyclic) bond motifs is 1. The highest BCUT2D eigenvalue weighted by Crippen LogP contribution is 2.37. The lowest BCUT2D eigenvalue weighted by atomic mass is 9.95. The number of carbonyl (C=O) groups is 1. The van der Waals surface area contributed by atoms with E-state index < -0.39 is 40.2 Å². The number of halogens is 3. The van der Waals surface area contributed by atoms with Crippen LogP contribution in [0.1, 0.15) is 32.2 Å². The van der Waals surface area contributed by atoms with E-state index in [0.29, 0.717) is 19.9 Å².